The Morgan fingerprint density at radius 3 is 2.89 bits per heavy atom. The number of rotatable bonds is 3. The Hall–Kier alpha value is -1.98. The van der Waals surface area contributed by atoms with E-state index in [0.29, 0.717) is 6.54 Å². The molecule has 3 nitrogen and oxygen atoms in total. The molecule has 0 aliphatic carbocycles. The molecular formula is C14H12FN3S. The summed E-state index contributed by atoms with van der Waals surface area (Å²) < 4.78 is 15.3. The molecular weight excluding hydrogens is 261 g/mol. The molecule has 3 aromatic rings. The van der Waals surface area contributed by atoms with E-state index >= 15 is 0 Å². The molecule has 0 aliphatic heterocycles. The van der Waals surface area contributed by atoms with Gasteiger partial charge in [0.15, 0.2) is 0 Å². The van der Waals surface area contributed by atoms with Crippen molar-refractivity contribution in [2.24, 2.45) is 5.73 Å². The Morgan fingerprint density at radius 1 is 1.26 bits per heavy atom. The van der Waals surface area contributed by atoms with Gasteiger partial charge in [0, 0.05) is 23.7 Å². The summed E-state index contributed by atoms with van der Waals surface area (Å²) in [6.45, 7) is 0.323. The SMILES string of the molecule is NCc1cc(F)cc(-c2cnn(-c3ccsc3)c2)c1. The van der Waals surface area contributed by atoms with Gasteiger partial charge >= 0.3 is 0 Å². The van der Waals surface area contributed by atoms with Crippen LogP contribution in [0, 0.1) is 5.82 Å². The standard InChI is InChI=1S/C14H12FN3S/c15-13-4-10(6-16)3-11(5-13)12-7-17-18(8-12)14-1-2-19-9-14/h1-5,7-9H,6,16H2. The third-order valence-corrected chi connectivity index (χ3v) is 3.55. The second-order valence-corrected chi connectivity index (χ2v) is 4.99. The lowest BCUT2D eigenvalue weighted by molar-refractivity contribution is 0.626. The lowest BCUT2D eigenvalue weighted by atomic mass is 10.1. The smallest absolute Gasteiger partial charge is 0.124 e. The fraction of sp³-hybridized carbons (Fsp3) is 0.0714. The lowest BCUT2D eigenvalue weighted by Gasteiger charge is -2.02. The lowest BCUT2D eigenvalue weighted by Crippen LogP contribution is -1.97. The summed E-state index contributed by atoms with van der Waals surface area (Å²) in [6, 6.07) is 6.82. The Balaban J connectivity index is 2.01. The Labute approximate surface area is 114 Å². The molecule has 0 aliphatic rings. The van der Waals surface area contributed by atoms with Crippen molar-refractivity contribution in [3.63, 3.8) is 0 Å². The van der Waals surface area contributed by atoms with Gasteiger partial charge in [0.1, 0.15) is 5.82 Å². The van der Waals surface area contributed by atoms with Crippen LogP contribution < -0.4 is 5.73 Å². The second-order valence-electron chi connectivity index (χ2n) is 4.21. The summed E-state index contributed by atoms with van der Waals surface area (Å²) in [6.07, 6.45) is 3.61. The minimum atomic E-state index is -0.277. The fourth-order valence-corrected chi connectivity index (χ4v) is 2.56. The average molecular weight is 273 g/mol. The van der Waals surface area contributed by atoms with E-state index in [2.05, 4.69) is 5.10 Å². The number of hydrogen-bond acceptors (Lipinski definition) is 3. The number of hydrogen-bond donors (Lipinski definition) is 1. The van der Waals surface area contributed by atoms with Crippen LogP contribution in [0.5, 0.6) is 0 Å². The highest BCUT2D eigenvalue weighted by atomic mass is 32.1. The maximum Gasteiger partial charge on any atom is 0.124 e. The molecule has 1 aromatic carbocycles. The van der Waals surface area contributed by atoms with Crippen molar-refractivity contribution in [2.75, 3.05) is 0 Å². The molecule has 0 unspecified atom stereocenters. The first kappa shape index (κ1) is 12.1. The van der Waals surface area contributed by atoms with Crippen LogP contribution in [-0.4, -0.2) is 9.78 Å². The highest BCUT2D eigenvalue weighted by Crippen LogP contribution is 2.23. The van der Waals surface area contributed by atoms with Gasteiger partial charge < -0.3 is 5.73 Å². The van der Waals surface area contributed by atoms with Gasteiger partial charge in [0.2, 0.25) is 0 Å². The van der Waals surface area contributed by atoms with Gasteiger partial charge in [0.05, 0.1) is 11.9 Å². The minimum Gasteiger partial charge on any atom is -0.326 e. The highest BCUT2D eigenvalue weighted by molar-refractivity contribution is 7.08. The zero-order valence-electron chi connectivity index (χ0n) is 10.1. The van der Waals surface area contributed by atoms with Gasteiger partial charge in [-0.05, 0) is 40.8 Å². The quantitative estimate of drug-likeness (QED) is 0.796. The molecule has 2 aromatic heterocycles. The average Bonchev–Trinajstić information content (AvgIpc) is 3.08. The third kappa shape index (κ3) is 2.43. The molecule has 2 N–H and O–H groups in total. The molecule has 0 bridgehead atoms. The number of nitrogens with zero attached hydrogens (tertiary/aromatic N) is 2. The van der Waals surface area contributed by atoms with Crippen LogP contribution in [0.1, 0.15) is 5.56 Å². The van der Waals surface area contributed by atoms with Crippen molar-refractivity contribution in [1.82, 2.24) is 9.78 Å². The van der Waals surface area contributed by atoms with Crippen LogP contribution in [0.25, 0.3) is 16.8 Å². The van der Waals surface area contributed by atoms with Crippen LogP contribution in [0.4, 0.5) is 4.39 Å². The fourth-order valence-electron chi connectivity index (χ4n) is 1.94. The molecule has 19 heavy (non-hydrogen) atoms. The van der Waals surface area contributed by atoms with E-state index in [1.165, 1.54) is 12.1 Å². The number of aromatic nitrogens is 2. The summed E-state index contributed by atoms with van der Waals surface area (Å²) in [5.41, 5.74) is 9.01. The molecule has 5 heteroatoms. The minimum absolute atomic E-state index is 0.277. The predicted molar refractivity (Wildman–Crippen MR) is 74.7 cm³/mol. The summed E-state index contributed by atoms with van der Waals surface area (Å²) in [5.74, 6) is -0.277. The van der Waals surface area contributed by atoms with Crippen LogP contribution in [0.2, 0.25) is 0 Å². The number of halogens is 1. The van der Waals surface area contributed by atoms with E-state index in [1.807, 2.05) is 29.1 Å². The normalized spacial score (nSPS) is 10.8. The van der Waals surface area contributed by atoms with Gasteiger partial charge in [-0.15, -0.1) is 0 Å². The van der Waals surface area contributed by atoms with Crippen molar-refractivity contribution in [3.8, 4) is 16.8 Å². The van der Waals surface area contributed by atoms with Crippen LogP contribution >= 0.6 is 11.3 Å². The van der Waals surface area contributed by atoms with E-state index in [4.69, 9.17) is 5.73 Å². The summed E-state index contributed by atoms with van der Waals surface area (Å²) in [7, 11) is 0. The second kappa shape index (κ2) is 4.95. The van der Waals surface area contributed by atoms with E-state index < -0.39 is 0 Å². The van der Waals surface area contributed by atoms with Crippen LogP contribution in [0.3, 0.4) is 0 Å². The zero-order valence-corrected chi connectivity index (χ0v) is 10.9. The summed E-state index contributed by atoms with van der Waals surface area (Å²) >= 11 is 1.61. The van der Waals surface area contributed by atoms with Gasteiger partial charge in [-0.1, -0.05) is 0 Å². The van der Waals surface area contributed by atoms with Gasteiger partial charge in [-0.3, -0.25) is 0 Å². The molecule has 3 rings (SSSR count). The van der Waals surface area contributed by atoms with Gasteiger partial charge in [-0.2, -0.15) is 16.4 Å². The zero-order chi connectivity index (χ0) is 13.2. The highest BCUT2D eigenvalue weighted by Gasteiger charge is 2.06. The van der Waals surface area contributed by atoms with Crippen molar-refractivity contribution in [1.29, 1.82) is 0 Å². The molecule has 0 fully saturated rings. The van der Waals surface area contributed by atoms with Crippen molar-refractivity contribution in [2.45, 2.75) is 6.54 Å². The summed E-state index contributed by atoms with van der Waals surface area (Å²) in [5, 5.41) is 8.29. The number of thiophene rings is 1. The van der Waals surface area contributed by atoms with E-state index in [0.717, 1.165) is 22.4 Å². The molecule has 0 radical (unpaired) electrons. The Kier molecular flexibility index (Phi) is 3.15. The Morgan fingerprint density at radius 2 is 2.16 bits per heavy atom. The molecule has 96 valence electrons. The van der Waals surface area contributed by atoms with Gasteiger partial charge in [0.25, 0.3) is 0 Å². The Bertz CT molecular complexity index is 689. The molecule has 2 heterocycles. The van der Waals surface area contributed by atoms with E-state index in [1.54, 1.807) is 22.2 Å². The van der Waals surface area contributed by atoms with Crippen molar-refractivity contribution < 1.29 is 4.39 Å². The first-order valence-corrected chi connectivity index (χ1v) is 6.78. The molecule has 0 saturated carbocycles. The largest absolute Gasteiger partial charge is 0.326 e. The van der Waals surface area contributed by atoms with Crippen LogP contribution in [0.15, 0.2) is 47.4 Å². The molecule has 0 atom stereocenters. The first-order chi connectivity index (χ1) is 9.26. The van der Waals surface area contributed by atoms with Gasteiger partial charge in [-0.25, -0.2) is 9.07 Å². The number of nitrogens with two attached hydrogens (primary N) is 1. The molecule has 0 saturated heterocycles. The monoisotopic (exact) mass is 273 g/mol. The van der Waals surface area contributed by atoms with E-state index in [9.17, 15) is 4.39 Å². The van der Waals surface area contributed by atoms with Crippen molar-refractivity contribution >= 4 is 11.3 Å². The predicted octanol–water partition coefficient (Wildman–Crippen LogP) is 3.20. The summed E-state index contributed by atoms with van der Waals surface area (Å²) in [4.78, 5) is 0. The maximum atomic E-state index is 13.5. The number of benzene rings is 1. The maximum absolute atomic E-state index is 13.5. The first-order valence-electron chi connectivity index (χ1n) is 5.83. The van der Waals surface area contributed by atoms with Crippen molar-refractivity contribution in [3.05, 3.63) is 58.8 Å². The molecule has 0 spiro atoms. The van der Waals surface area contributed by atoms with Crippen LogP contribution in [-0.2, 0) is 6.54 Å². The molecule has 0 amide bonds. The van der Waals surface area contributed by atoms with E-state index in [-0.39, 0.29) is 5.82 Å². The topological polar surface area (TPSA) is 43.8 Å². The third-order valence-electron chi connectivity index (χ3n) is 2.88.